The summed E-state index contributed by atoms with van der Waals surface area (Å²) in [7, 11) is 3.02. The van der Waals surface area contributed by atoms with Crippen LogP contribution in [0.25, 0.3) is 0 Å². The van der Waals surface area contributed by atoms with Gasteiger partial charge in [-0.25, -0.2) is 4.39 Å². The van der Waals surface area contributed by atoms with E-state index in [2.05, 4.69) is 5.32 Å². The first-order valence-corrected chi connectivity index (χ1v) is 11.7. The summed E-state index contributed by atoms with van der Waals surface area (Å²) < 4.78 is 24.4. The Kier molecular flexibility index (Phi) is 6.11. The first-order chi connectivity index (χ1) is 16.9. The minimum atomic E-state index is -0.692. The average Bonchev–Trinajstić information content (AvgIpc) is 2.87. The van der Waals surface area contributed by atoms with E-state index in [0.717, 1.165) is 11.1 Å². The number of carbonyl (C=O) groups excluding carboxylic acids is 2. The van der Waals surface area contributed by atoms with Crippen molar-refractivity contribution in [2.24, 2.45) is 0 Å². The van der Waals surface area contributed by atoms with Crippen molar-refractivity contribution in [2.75, 3.05) is 20.8 Å². The number of amides is 2. The number of hydrogen-bond acceptors (Lipinski definition) is 4. The van der Waals surface area contributed by atoms with Crippen LogP contribution in [0, 0.1) is 5.82 Å². The minimum absolute atomic E-state index is 0.124. The van der Waals surface area contributed by atoms with Gasteiger partial charge in [0, 0.05) is 23.7 Å². The molecule has 0 fully saturated rings. The number of nitrogens with zero attached hydrogens (tertiary/aromatic N) is 1. The maximum absolute atomic E-state index is 13.8. The lowest BCUT2D eigenvalue weighted by Crippen LogP contribution is -2.50. The molecule has 35 heavy (non-hydrogen) atoms. The monoisotopic (exact) mass is 494 g/mol. The van der Waals surface area contributed by atoms with Gasteiger partial charge in [0.1, 0.15) is 5.82 Å². The number of ether oxygens (including phenoxy) is 2. The van der Waals surface area contributed by atoms with Crippen LogP contribution in [0.15, 0.2) is 54.6 Å². The molecule has 8 heteroatoms. The first-order valence-electron chi connectivity index (χ1n) is 11.3. The third-order valence-electron chi connectivity index (χ3n) is 6.78. The van der Waals surface area contributed by atoms with Crippen molar-refractivity contribution in [3.8, 4) is 11.5 Å². The number of hydrogen-bond donors (Lipinski definition) is 1. The van der Waals surface area contributed by atoms with Crippen molar-refractivity contribution in [1.82, 2.24) is 10.2 Å². The Morgan fingerprint density at radius 2 is 1.83 bits per heavy atom. The van der Waals surface area contributed by atoms with E-state index in [1.165, 1.54) is 26.4 Å². The van der Waals surface area contributed by atoms with E-state index in [9.17, 15) is 14.0 Å². The lowest BCUT2D eigenvalue weighted by molar-refractivity contribution is -0.124. The minimum Gasteiger partial charge on any atom is -0.493 e. The number of halogens is 2. The molecule has 3 aromatic rings. The third kappa shape index (κ3) is 4.00. The Bertz CT molecular complexity index is 1330. The Balaban J connectivity index is 1.60. The molecule has 0 bridgehead atoms. The van der Waals surface area contributed by atoms with Gasteiger partial charge in [-0.05, 0) is 52.9 Å². The summed E-state index contributed by atoms with van der Waals surface area (Å²) in [6, 6.07) is 14.9. The van der Waals surface area contributed by atoms with Crippen molar-refractivity contribution < 1.29 is 23.5 Å². The highest BCUT2D eigenvalue weighted by Gasteiger charge is 2.46. The molecule has 2 amide bonds. The van der Waals surface area contributed by atoms with Gasteiger partial charge >= 0.3 is 0 Å². The summed E-state index contributed by atoms with van der Waals surface area (Å²) in [5, 5.41) is 3.20. The Labute approximate surface area is 207 Å². The van der Waals surface area contributed by atoms with Gasteiger partial charge in [0.15, 0.2) is 11.5 Å². The Morgan fingerprint density at radius 3 is 2.57 bits per heavy atom. The molecule has 180 valence electrons. The number of carbonyl (C=O) groups is 2. The van der Waals surface area contributed by atoms with Gasteiger partial charge in [-0.1, -0.05) is 41.9 Å². The van der Waals surface area contributed by atoms with Crippen LogP contribution in [0.5, 0.6) is 11.5 Å². The maximum atomic E-state index is 13.8. The number of methoxy groups -OCH3 is 2. The van der Waals surface area contributed by atoms with Gasteiger partial charge in [-0.3, -0.25) is 9.59 Å². The molecule has 0 spiro atoms. The SMILES string of the molecule is COc1cc2c(cc1OC)[C@@H](C(=O)NCc1ccc(F)cc1Cl)[C@@H]1c3ccccc3CCN1C2=O. The average molecular weight is 495 g/mol. The second kappa shape index (κ2) is 9.23. The molecule has 0 saturated carbocycles. The second-order valence-electron chi connectivity index (χ2n) is 8.62. The van der Waals surface area contributed by atoms with Crippen LogP contribution in [0.3, 0.4) is 0 Å². The van der Waals surface area contributed by atoms with Crippen molar-refractivity contribution in [2.45, 2.75) is 24.9 Å². The molecule has 2 heterocycles. The molecule has 0 unspecified atom stereocenters. The largest absolute Gasteiger partial charge is 0.493 e. The molecule has 6 nitrogen and oxygen atoms in total. The summed E-state index contributed by atoms with van der Waals surface area (Å²) in [5.74, 6) is -0.684. The molecule has 3 aromatic carbocycles. The van der Waals surface area contributed by atoms with Gasteiger partial charge in [-0.15, -0.1) is 0 Å². The van der Waals surface area contributed by atoms with Gasteiger partial charge in [0.05, 0.1) is 26.2 Å². The summed E-state index contributed by atoms with van der Waals surface area (Å²) >= 11 is 6.17. The van der Waals surface area contributed by atoms with Crippen LogP contribution in [0.2, 0.25) is 5.02 Å². The highest BCUT2D eigenvalue weighted by atomic mass is 35.5. The number of nitrogens with one attached hydrogen (secondary N) is 1. The quantitative estimate of drug-likeness (QED) is 0.560. The van der Waals surface area contributed by atoms with Crippen molar-refractivity contribution in [1.29, 1.82) is 0 Å². The third-order valence-corrected chi connectivity index (χ3v) is 7.13. The fourth-order valence-electron chi connectivity index (χ4n) is 5.09. The molecule has 2 aliphatic heterocycles. The molecule has 0 aliphatic carbocycles. The number of fused-ring (bicyclic) bond motifs is 4. The Morgan fingerprint density at radius 1 is 1.09 bits per heavy atom. The zero-order chi connectivity index (χ0) is 24.7. The second-order valence-corrected chi connectivity index (χ2v) is 9.03. The highest BCUT2D eigenvalue weighted by molar-refractivity contribution is 6.31. The topological polar surface area (TPSA) is 67.9 Å². The van der Waals surface area contributed by atoms with Crippen LogP contribution in [-0.4, -0.2) is 37.5 Å². The molecule has 0 radical (unpaired) electrons. The van der Waals surface area contributed by atoms with E-state index in [1.807, 2.05) is 24.3 Å². The normalized spacial score (nSPS) is 18.3. The van der Waals surface area contributed by atoms with Gasteiger partial charge in [0.25, 0.3) is 5.91 Å². The maximum Gasteiger partial charge on any atom is 0.254 e. The van der Waals surface area contributed by atoms with E-state index >= 15 is 0 Å². The molecule has 5 rings (SSSR count). The van der Waals surface area contributed by atoms with E-state index in [1.54, 1.807) is 23.1 Å². The molecule has 0 aromatic heterocycles. The summed E-state index contributed by atoms with van der Waals surface area (Å²) in [6.45, 7) is 0.626. The van der Waals surface area contributed by atoms with Crippen LogP contribution < -0.4 is 14.8 Å². The molecule has 0 saturated heterocycles. The predicted molar refractivity (Wildman–Crippen MR) is 129 cm³/mol. The smallest absolute Gasteiger partial charge is 0.254 e. The van der Waals surface area contributed by atoms with Crippen LogP contribution in [-0.2, 0) is 17.8 Å². The predicted octanol–water partition coefficient (Wildman–Crippen LogP) is 4.65. The van der Waals surface area contributed by atoms with Gasteiger partial charge in [0.2, 0.25) is 5.91 Å². The zero-order valence-corrected chi connectivity index (χ0v) is 20.1. The fourth-order valence-corrected chi connectivity index (χ4v) is 5.32. The molecule has 2 aliphatic rings. The van der Waals surface area contributed by atoms with E-state index in [0.29, 0.717) is 41.2 Å². The lowest BCUT2D eigenvalue weighted by Gasteiger charge is -2.45. The number of rotatable bonds is 5. The zero-order valence-electron chi connectivity index (χ0n) is 19.3. The fraction of sp³-hybridized carbons (Fsp3) is 0.259. The highest BCUT2D eigenvalue weighted by Crippen LogP contribution is 2.48. The number of benzene rings is 3. The molecular formula is C27H24ClFN2O4. The standard InChI is InChI=1S/C27H24ClFN2O4/c1-34-22-12-19-20(13-23(22)35-2)27(33)31-10-9-15-5-3-4-6-18(15)25(31)24(19)26(32)30-14-16-7-8-17(29)11-21(16)28/h3-8,11-13,24-25H,9-10,14H2,1-2H3,(H,30,32)/t24-,25+/m1/s1. The van der Waals surface area contributed by atoms with Crippen molar-refractivity contribution in [3.05, 3.63) is 93.3 Å². The van der Waals surface area contributed by atoms with Gasteiger partial charge < -0.3 is 19.7 Å². The molecular weight excluding hydrogens is 471 g/mol. The molecule has 2 atom stereocenters. The van der Waals surface area contributed by atoms with E-state index < -0.39 is 17.8 Å². The summed E-state index contributed by atoms with van der Waals surface area (Å²) in [5.41, 5.74) is 3.66. The summed E-state index contributed by atoms with van der Waals surface area (Å²) in [6.07, 6.45) is 0.709. The lowest BCUT2D eigenvalue weighted by atomic mass is 9.75. The van der Waals surface area contributed by atoms with Crippen molar-refractivity contribution in [3.63, 3.8) is 0 Å². The van der Waals surface area contributed by atoms with E-state index in [-0.39, 0.29) is 23.4 Å². The first kappa shape index (κ1) is 23.2. The van der Waals surface area contributed by atoms with E-state index in [4.69, 9.17) is 21.1 Å². The van der Waals surface area contributed by atoms with Gasteiger partial charge in [-0.2, -0.15) is 0 Å². The molecule has 1 N–H and O–H groups in total. The van der Waals surface area contributed by atoms with Crippen molar-refractivity contribution >= 4 is 23.4 Å². The Hall–Kier alpha value is -3.58. The summed E-state index contributed by atoms with van der Waals surface area (Å²) in [4.78, 5) is 29.2. The van der Waals surface area contributed by atoms with Crippen LogP contribution in [0.4, 0.5) is 4.39 Å². The van der Waals surface area contributed by atoms with Crippen LogP contribution in [0.1, 0.15) is 44.6 Å². The van der Waals surface area contributed by atoms with Crippen LogP contribution >= 0.6 is 11.6 Å².